The van der Waals surface area contributed by atoms with Crippen molar-refractivity contribution < 1.29 is 0 Å². The van der Waals surface area contributed by atoms with Crippen molar-refractivity contribution >= 4 is 0 Å². The summed E-state index contributed by atoms with van der Waals surface area (Å²) >= 11 is 0. The van der Waals surface area contributed by atoms with Gasteiger partial charge in [-0.3, -0.25) is 11.3 Å². The predicted molar refractivity (Wildman–Crippen MR) is 64.1 cm³/mol. The molecule has 0 radical (unpaired) electrons. The molecule has 4 atom stereocenters. The van der Waals surface area contributed by atoms with Gasteiger partial charge in [-0.15, -0.1) is 0 Å². The Labute approximate surface area is 94.0 Å². The van der Waals surface area contributed by atoms with E-state index in [1.54, 1.807) is 0 Å². The Kier molecular flexibility index (Phi) is 3.68. The van der Waals surface area contributed by atoms with Crippen LogP contribution in [0.25, 0.3) is 0 Å². The van der Waals surface area contributed by atoms with Gasteiger partial charge in [-0.05, 0) is 49.4 Å². The van der Waals surface area contributed by atoms with Crippen molar-refractivity contribution in [2.45, 2.75) is 58.4 Å². The van der Waals surface area contributed by atoms with Crippen LogP contribution >= 0.6 is 0 Å². The Balaban J connectivity index is 1.91. The third kappa shape index (κ3) is 2.73. The Hall–Kier alpha value is -0.0800. The second-order valence-corrected chi connectivity index (χ2v) is 5.92. The van der Waals surface area contributed by atoms with Gasteiger partial charge in [-0.25, -0.2) is 0 Å². The van der Waals surface area contributed by atoms with E-state index in [1.165, 1.54) is 38.5 Å². The largest absolute Gasteiger partial charge is 0.271 e. The van der Waals surface area contributed by atoms with Crippen LogP contribution in [0.1, 0.15) is 52.4 Å². The van der Waals surface area contributed by atoms with Crippen molar-refractivity contribution in [3.63, 3.8) is 0 Å². The van der Waals surface area contributed by atoms with Crippen molar-refractivity contribution in [3.05, 3.63) is 0 Å². The summed E-state index contributed by atoms with van der Waals surface area (Å²) in [5.74, 6) is 9.25. The normalized spacial score (nSPS) is 36.2. The van der Waals surface area contributed by atoms with Gasteiger partial charge < -0.3 is 0 Å². The molecule has 2 fully saturated rings. The lowest BCUT2D eigenvalue weighted by atomic mass is 9.74. The molecule has 2 saturated carbocycles. The summed E-state index contributed by atoms with van der Waals surface area (Å²) in [4.78, 5) is 0. The zero-order valence-corrected chi connectivity index (χ0v) is 10.2. The maximum atomic E-state index is 5.77. The average molecular weight is 210 g/mol. The molecular weight excluding hydrogens is 184 g/mol. The Morgan fingerprint density at radius 3 is 2.40 bits per heavy atom. The molecule has 88 valence electrons. The molecule has 2 rings (SSSR count). The Bertz CT molecular complexity index is 201. The van der Waals surface area contributed by atoms with Crippen LogP contribution in [0.5, 0.6) is 0 Å². The molecule has 0 heterocycles. The molecule has 2 heteroatoms. The van der Waals surface area contributed by atoms with E-state index in [4.69, 9.17) is 5.84 Å². The first-order valence-corrected chi connectivity index (χ1v) is 6.68. The summed E-state index contributed by atoms with van der Waals surface area (Å²) in [6.07, 6.45) is 8.46. The first kappa shape index (κ1) is 11.4. The van der Waals surface area contributed by atoms with Crippen LogP contribution < -0.4 is 11.3 Å². The lowest BCUT2D eigenvalue weighted by Crippen LogP contribution is -2.47. The van der Waals surface area contributed by atoms with E-state index in [2.05, 4.69) is 19.3 Å². The van der Waals surface area contributed by atoms with Gasteiger partial charge in [0, 0.05) is 6.04 Å². The van der Waals surface area contributed by atoms with Gasteiger partial charge in [0.25, 0.3) is 0 Å². The topological polar surface area (TPSA) is 38.0 Å². The maximum Gasteiger partial charge on any atom is 0.0267 e. The van der Waals surface area contributed by atoms with Gasteiger partial charge in [-0.2, -0.15) is 0 Å². The highest BCUT2D eigenvalue weighted by molar-refractivity contribution is 4.90. The zero-order chi connectivity index (χ0) is 10.8. The fourth-order valence-electron chi connectivity index (χ4n) is 3.44. The van der Waals surface area contributed by atoms with E-state index in [0.29, 0.717) is 6.04 Å². The number of hydrogen-bond acceptors (Lipinski definition) is 2. The minimum atomic E-state index is 0.570. The van der Waals surface area contributed by atoms with Crippen LogP contribution in [0.4, 0.5) is 0 Å². The van der Waals surface area contributed by atoms with Gasteiger partial charge in [0.05, 0.1) is 0 Å². The number of rotatable bonds is 4. The van der Waals surface area contributed by atoms with Crippen LogP contribution in [-0.2, 0) is 0 Å². The standard InChI is InChI=1S/C13H26N2/c1-9-4-3-5-12(8-9)13(15-14)10(2)11-6-7-11/h9-13,15H,3-8,14H2,1-2H3. The molecule has 0 amide bonds. The lowest BCUT2D eigenvalue weighted by molar-refractivity contribution is 0.173. The summed E-state index contributed by atoms with van der Waals surface area (Å²) in [6.45, 7) is 4.78. The smallest absolute Gasteiger partial charge is 0.0267 e. The van der Waals surface area contributed by atoms with Gasteiger partial charge in [0.2, 0.25) is 0 Å². The van der Waals surface area contributed by atoms with E-state index >= 15 is 0 Å². The van der Waals surface area contributed by atoms with E-state index in [-0.39, 0.29) is 0 Å². The molecule has 2 aliphatic rings. The highest BCUT2D eigenvalue weighted by Gasteiger charge is 2.37. The molecule has 2 nitrogen and oxygen atoms in total. The van der Waals surface area contributed by atoms with Crippen LogP contribution in [0, 0.1) is 23.7 Å². The second-order valence-electron chi connectivity index (χ2n) is 5.92. The fourth-order valence-corrected chi connectivity index (χ4v) is 3.44. The van der Waals surface area contributed by atoms with Crippen molar-refractivity contribution in [2.24, 2.45) is 29.5 Å². The number of nitrogens with one attached hydrogen (secondary N) is 1. The quantitative estimate of drug-likeness (QED) is 0.553. The van der Waals surface area contributed by atoms with Gasteiger partial charge in [-0.1, -0.05) is 26.7 Å². The van der Waals surface area contributed by atoms with Crippen LogP contribution in [0.3, 0.4) is 0 Å². The van der Waals surface area contributed by atoms with Crippen LogP contribution in [0.2, 0.25) is 0 Å². The predicted octanol–water partition coefficient (Wildman–Crippen LogP) is 2.69. The highest BCUT2D eigenvalue weighted by Crippen LogP contribution is 2.42. The third-order valence-electron chi connectivity index (χ3n) is 4.61. The maximum absolute atomic E-state index is 5.77. The first-order chi connectivity index (χ1) is 7.22. The average Bonchev–Trinajstić information content (AvgIpc) is 3.02. The molecule has 0 aromatic carbocycles. The lowest BCUT2D eigenvalue weighted by Gasteiger charge is -2.36. The molecule has 15 heavy (non-hydrogen) atoms. The molecule has 4 unspecified atom stereocenters. The van der Waals surface area contributed by atoms with Crippen LogP contribution in [-0.4, -0.2) is 6.04 Å². The molecule has 0 aromatic heterocycles. The summed E-state index contributed by atoms with van der Waals surface area (Å²) in [7, 11) is 0. The Morgan fingerprint density at radius 2 is 1.87 bits per heavy atom. The SMILES string of the molecule is CC1CCCC(C(NN)C(C)C2CC2)C1. The monoisotopic (exact) mass is 210 g/mol. The summed E-state index contributed by atoms with van der Waals surface area (Å²) in [5, 5.41) is 0. The van der Waals surface area contributed by atoms with Crippen molar-refractivity contribution in [1.82, 2.24) is 5.43 Å². The Morgan fingerprint density at radius 1 is 1.13 bits per heavy atom. The zero-order valence-electron chi connectivity index (χ0n) is 10.2. The van der Waals surface area contributed by atoms with E-state index < -0.39 is 0 Å². The minimum absolute atomic E-state index is 0.570. The van der Waals surface area contributed by atoms with Crippen LogP contribution in [0.15, 0.2) is 0 Å². The number of nitrogens with two attached hydrogens (primary N) is 1. The fraction of sp³-hybridized carbons (Fsp3) is 1.00. The molecule has 0 aliphatic heterocycles. The van der Waals surface area contributed by atoms with Crippen molar-refractivity contribution in [1.29, 1.82) is 0 Å². The molecule has 3 N–H and O–H groups in total. The van der Waals surface area contributed by atoms with Gasteiger partial charge >= 0.3 is 0 Å². The minimum Gasteiger partial charge on any atom is -0.271 e. The third-order valence-corrected chi connectivity index (χ3v) is 4.61. The number of hydrazine groups is 1. The molecule has 0 spiro atoms. The molecule has 0 bridgehead atoms. The second kappa shape index (κ2) is 4.84. The summed E-state index contributed by atoms with van der Waals surface area (Å²) in [6, 6.07) is 0.570. The van der Waals surface area contributed by atoms with Gasteiger partial charge in [0.1, 0.15) is 0 Å². The first-order valence-electron chi connectivity index (χ1n) is 6.68. The van der Waals surface area contributed by atoms with E-state index in [9.17, 15) is 0 Å². The van der Waals surface area contributed by atoms with E-state index in [1.807, 2.05) is 0 Å². The molecule has 0 aromatic rings. The summed E-state index contributed by atoms with van der Waals surface area (Å²) in [5.41, 5.74) is 3.11. The highest BCUT2D eigenvalue weighted by atomic mass is 15.2. The van der Waals surface area contributed by atoms with Gasteiger partial charge in [0.15, 0.2) is 0 Å². The number of hydrogen-bond donors (Lipinski definition) is 2. The van der Waals surface area contributed by atoms with Crippen molar-refractivity contribution in [3.8, 4) is 0 Å². The molecular formula is C13H26N2. The summed E-state index contributed by atoms with van der Waals surface area (Å²) < 4.78 is 0. The molecule has 2 aliphatic carbocycles. The van der Waals surface area contributed by atoms with E-state index in [0.717, 1.165) is 23.7 Å². The molecule has 0 saturated heterocycles. The van der Waals surface area contributed by atoms with Crippen molar-refractivity contribution in [2.75, 3.05) is 0 Å².